The number of rotatable bonds is 9. The van der Waals surface area contributed by atoms with Gasteiger partial charge in [0.15, 0.2) is 0 Å². The SMILES string of the molecule is O=P(O)(O)CCOc1ccc2ccccc2c1-c1c(OCCP(=O)(O)O)ccc2ccccc12. The summed E-state index contributed by atoms with van der Waals surface area (Å²) in [4.78, 5) is 37.0. The molecule has 0 saturated carbocycles. The fourth-order valence-corrected chi connectivity index (χ4v) is 4.47. The first-order valence-electron chi connectivity index (χ1n) is 10.5. The van der Waals surface area contributed by atoms with E-state index in [1.807, 2.05) is 60.7 Å². The van der Waals surface area contributed by atoms with Gasteiger partial charge in [-0.3, -0.25) is 9.13 Å². The van der Waals surface area contributed by atoms with E-state index < -0.39 is 27.5 Å². The van der Waals surface area contributed by atoms with E-state index in [1.54, 1.807) is 12.1 Å². The first kappa shape index (κ1) is 24.4. The van der Waals surface area contributed by atoms with Crippen molar-refractivity contribution in [3.63, 3.8) is 0 Å². The monoisotopic (exact) mass is 502 g/mol. The Balaban J connectivity index is 1.91. The second-order valence-electron chi connectivity index (χ2n) is 7.79. The van der Waals surface area contributed by atoms with Crippen LogP contribution in [-0.4, -0.2) is 45.1 Å². The summed E-state index contributed by atoms with van der Waals surface area (Å²) < 4.78 is 34.4. The standard InChI is InChI=1S/C24H24O8P2/c25-33(26,27)15-13-31-21-11-9-17-5-1-3-7-19(17)23(21)24-20-8-4-2-6-18(20)10-12-22(24)32-14-16-34(28,29)30/h1-12H,13-16H2,(H2,25,26,27)(H2,28,29,30). The molecule has 0 radical (unpaired) electrons. The van der Waals surface area contributed by atoms with Crippen molar-refractivity contribution in [1.29, 1.82) is 0 Å². The summed E-state index contributed by atoms with van der Waals surface area (Å²) >= 11 is 0. The number of hydrogen-bond acceptors (Lipinski definition) is 4. The van der Waals surface area contributed by atoms with Gasteiger partial charge >= 0.3 is 15.2 Å². The zero-order chi connectivity index (χ0) is 24.3. The van der Waals surface area contributed by atoms with Crippen LogP contribution in [0.2, 0.25) is 0 Å². The van der Waals surface area contributed by atoms with Gasteiger partial charge < -0.3 is 29.0 Å². The molecule has 0 aliphatic heterocycles. The number of benzene rings is 4. The van der Waals surface area contributed by atoms with Gasteiger partial charge in [-0.2, -0.15) is 0 Å². The summed E-state index contributed by atoms with van der Waals surface area (Å²) in [6.45, 7) is -0.371. The van der Waals surface area contributed by atoms with Gasteiger partial charge in [-0.25, -0.2) is 0 Å². The number of hydrogen-bond donors (Lipinski definition) is 4. The Morgan fingerprint density at radius 2 is 0.941 bits per heavy atom. The van der Waals surface area contributed by atoms with E-state index in [9.17, 15) is 28.7 Å². The molecule has 0 unspecified atom stereocenters. The zero-order valence-corrected chi connectivity index (χ0v) is 19.9. The molecule has 0 spiro atoms. The molecule has 4 rings (SSSR count). The van der Waals surface area contributed by atoms with Crippen LogP contribution in [0.3, 0.4) is 0 Å². The summed E-state index contributed by atoms with van der Waals surface area (Å²) in [5.74, 6) is 0.840. The number of fused-ring (bicyclic) bond motifs is 2. The smallest absolute Gasteiger partial charge is 0.328 e. The highest BCUT2D eigenvalue weighted by Crippen LogP contribution is 2.46. The third-order valence-electron chi connectivity index (χ3n) is 5.31. The molecule has 10 heteroatoms. The lowest BCUT2D eigenvalue weighted by molar-refractivity contribution is 0.313. The summed E-state index contributed by atoms with van der Waals surface area (Å²) in [6, 6.07) is 22.5. The van der Waals surface area contributed by atoms with Crippen LogP contribution in [0, 0.1) is 0 Å². The minimum absolute atomic E-state index is 0.186. The van der Waals surface area contributed by atoms with E-state index in [0.29, 0.717) is 22.6 Å². The molecule has 0 atom stereocenters. The number of ether oxygens (including phenoxy) is 2. The molecule has 0 aromatic heterocycles. The molecule has 0 heterocycles. The summed E-state index contributed by atoms with van der Waals surface area (Å²) in [6.07, 6.45) is -0.860. The van der Waals surface area contributed by atoms with Gasteiger partial charge in [0.05, 0.1) is 25.5 Å². The van der Waals surface area contributed by atoms with Gasteiger partial charge in [0, 0.05) is 11.1 Å². The Morgan fingerprint density at radius 3 is 1.32 bits per heavy atom. The van der Waals surface area contributed by atoms with Gasteiger partial charge in [-0.05, 0) is 33.7 Å². The molecule has 34 heavy (non-hydrogen) atoms. The van der Waals surface area contributed by atoms with Crippen molar-refractivity contribution in [3.8, 4) is 22.6 Å². The lowest BCUT2D eigenvalue weighted by atomic mass is 9.92. The largest absolute Gasteiger partial charge is 0.492 e. The first-order valence-corrected chi connectivity index (χ1v) is 14.1. The third-order valence-corrected chi connectivity index (χ3v) is 6.84. The summed E-state index contributed by atoms with van der Waals surface area (Å²) in [7, 11) is -8.48. The minimum atomic E-state index is -4.24. The predicted octanol–water partition coefficient (Wildman–Crippen LogP) is 4.77. The lowest BCUT2D eigenvalue weighted by Crippen LogP contribution is -2.06. The average Bonchev–Trinajstić information content (AvgIpc) is 2.77. The van der Waals surface area contributed by atoms with Crippen LogP contribution < -0.4 is 9.47 Å². The Bertz CT molecular complexity index is 1310. The van der Waals surface area contributed by atoms with Crippen molar-refractivity contribution < 1.29 is 38.2 Å². The van der Waals surface area contributed by atoms with Crippen molar-refractivity contribution in [3.05, 3.63) is 72.8 Å². The molecule has 0 aliphatic carbocycles. The molecule has 4 aromatic carbocycles. The van der Waals surface area contributed by atoms with Crippen molar-refractivity contribution in [2.24, 2.45) is 0 Å². The van der Waals surface area contributed by atoms with Crippen molar-refractivity contribution >= 4 is 36.7 Å². The maximum atomic E-state index is 11.3. The normalized spacial score (nSPS) is 12.2. The van der Waals surface area contributed by atoms with Gasteiger partial charge in [0.1, 0.15) is 11.5 Å². The van der Waals surface area contributed by atoms with Crippen LogP contribution >= 0.6 is 15.2 Å². The highest BCUT2D eigenvalue weighted by molar-refractivity contribution is 7.52. The fraction of sp³-hybridized carbons (Fsp3) is 0.167. The van der Waals surface area contributed by atoms with E-state index in [4.69, 9.17) is 9.47 Å². The molecule has 0 aliphatic rings. The van der Waals surface area contributed by atoms with E-state index in [0.717, 1.165) is 21.5 Å². The summed E-state index contributed by atoms with van der Waals surface area (Å²) in [5, 5.41) is 3.53. The maximum absolute atomic E-state index is 11.3. The average molecular weight is 502 g/mol. The molecule has 0 amide bonds. The molecule has 4 N–H and O–H groups in total. The second-order valence-corrected chi connectivity index (χ2v) is 11.3. The Morgan fingerprint density at radius 1 is 0.559 bits per heavy atom. The topological polar surface area (TPSA) is 134 Å². The van der Waals surface area contributed by atoms with E-state index in [1.165, 1.54) is 0 Å². The Hall–Kier alpha value is -2.70. The maximum Gasteiger partial charge on any atom is 0.328 e. The van der Waals surface area contributed by atoms with Crippen LogP contribution in [0.1, 0.15) is 0 Å². The molecule has 0 saturated heterocycles. The Kier molecular flexibility index (Phi) is 7.10. The molecule has 0 bridgehead atoms. The van der Waals surface area contributed by atoms with E-state index >= 15 is 0 Å². The molecule has 0 fully saturated rings. The fourth-order valence-electron chi connectivity index (χ4n) is 3.81. The molecular formula is C24H24O8P2. The van der Waals surface area contributed by atoms with Gasteiger partial charge in [-0.1, -0.05) is 60.7 Å². The quantitative estimate of drug-likeness (QED) is 0.241. The van der Waals surface area contributed by atoms with Gasteiger partial charge in [0.25, 0.3) is 0 Å². The van der Waals surface area contributed by atoms with Gasteiger partial charge in [-0.15, -0.1) is 0 Å². The van der Waals surface area contributed by atoms with Crippen molar-refractivity contribution in [2.45, 2.75) is 0 Å². The zero-order valence-electron chi connectivity index (χ0n) is 18.1. The third kappa shape index (κ3) is 5.86. The predicted molar refractivity (Wildman–Crippen MR) is 132 cm³/mol. The van der Waals surface area contributed by atoms with Crippen LogP contribution in [0.25, 0.3) is 32.7 Å². The second kappa shape index (κ2) is 9.88. The Labute approximate surface area is 196 Å². The molecule has 4 aromatic rings. The van der Waals surface area contributed by atoms with Crippen LogP contribution in [0.5, 0.6) is 11.5 Å². The summed E-state index contributed by atoms with van der Waals surface area (Å²) in [5.41, 5.74) is 1.35. The molecular weight excluding hydrogens is 478 g/mol. The highest BCUT2D eigenvalue weighted by Gasteiger charge is 2.21. The van der Waals surface area contributed by atoms with Crippen molar-refractivity contribution in [1.82, 2.24) is 0 Å². The van der Waals surface area contributed by atoms with E-state index in [-0.39, 0.29) is 13.2 Å². The molecule has 8 nitrogen and oxygen atoms in total. The van der Waals surface area contributed by atoms with Crippen LogP contribution in [0.15, 0.2) is 72.8 Å². The van der Waals surface area contributed by atoms with E-state index in [2.05, 4.69) is 0 Å². The molecule has 178 valence electrons. The highest BCUT2D eigenvalue weighted by atomic mass is 31.2. The minimum Gasteiger partial charge on any atom is -0.492 e. The van der Waals surface area contributed by atoms with Crippen LogP contribution in [-0.2, 0) is 9.13 Å². The first-order chi connectivity index (χ1) is 16.1. The van der Waals surface area contributed by atoms with Crippen molar-refractivity contribution in [2.75, 3.05) is 25.5 Å². The van der Waals surface area contributed by atoms with Gasteiger partial charge in [0.2, 0.25) is 0 Å². The lowest BCUT2D eigenvalue weighted by Gasteiger charge is -2.20. The van der Waals surface area contributed by atoms with Crippen LogP contribution in [0.4, 0.5) is 0 Å².